The highest BCUT2D eigenvalue weighted by Crippen LogP contribution is 2.34. The van der Waals surface area contributed by atoms with Crippen molar-refractivity contribution in [3.63, 3.8) is 0 Å². The van der Waals surface area contributed by atoms with Gasteiger partial charge in [0, 0.05) is 43.2 Å². The maximum Gasteiger partial charge on any atom is 0.256 e. The summed E-state index contributed by atoms with van der Waals surface area (Å²) in [5.41, 5.74) is 4.07. The minimum absolute atomic E-state index is 0.0165. The number of oxazole rings is 1. The fourth-order valence-electron chi connectivity index (χ4n) is 5.02. The zero-order valence-electron chi connectivity index (χ0n) is 22.6. The molecule has 0 unspecified atom stereocenters. The Morgan fingerprint density at radius 3 is 2.62 bits per heavy atom. The second kappa shape index (κ2) is 11.4. The lowest BCUT2D eigenvalue weighted by Crippen LogP contribution is -2.40. The molecular formula is C27H37N5O5. The minimum atomic E-state index is -0.320. The van der Waals surface area contributed by atoms with Crippen LogP contribution in [0.2, 0.25) is 0 Å². The Balaban J connectivity index is 1.76. The van der Waals surface area contributed by atoms with Crippen molar-refractivity contribution in [2.45, 2.75) is 52.7 Å². The van der Waals surface area contributed by atoms with E-state index in [9.17, 15) is 9.59 Å². The van der Waals surface area contributed by atoms with Crippen molar-refractivity contribution in [1.82, 2.24) is 20.2 Å². The molecule has 2 aromatic heterocycles. The van der Waals surface area contributed by atoms with E-state index in [0.29, 0.717) is 52.1 Å². The Morgan fingerprint density at radius 2 is 1.97 bits per heavy atom. The Kier molecular flexibility index (Phi) is 8.19. The molecule has 4 rings (SSSR count). The Morgan fingerprint density at radius 1 is 1.24 bits per heavy atom. The number of anilines is 1. The van der Waals surface area contributed by atoms with Gasteiger partial charge in [-0.25, -0.2) is 4.98 Å². The maximum atomic E-state index is 13.7. The largest absolute Gasteiger partial charge is 0.496 e. The van der Waals surface area contributed by atoms with Crippen molar-refractivity contribution in [3.8, 4) is 5.75 Å². The van der Waals surface area contributed by atoms with Gasteiger partial charge in [-0.05, 0) is 59.3 Å². The summed E-state index contributed by atoms with van der Waals surface area (Å²) >= 11 is 0. The van der Waals surface area contributed by atoms with E-state index in [0.717, 1.165) is 43.9 Å². The third-order valence-corrected chi connectivity index (χ3v) is 6.80. The quantitative estimate of drug-likeness (QED) is 0.451. The molecule has 1 saturated heterocycles. The van der Waals surface area contributed by atoms with E-state index in [2.05, 4.69) is 22.1 Å². The van der Waals surface area contributed by atoms with Crippen molar-refractivity contribution in [2.24, 2.45) is 0 Å². The fourth-order valence-corrected chi connectivity index (χ4v) is 5.02. The van der Waals surface area contributed by atoms with Crippen molar-refractivity contribution in [3.05, 3.63) is 50.8 Å². The summed E-state index contributed by atoms with van der Waals surface area (Å²) in [6.45, 7) is 8.60. The first-order chi connectivity index (χ1) is 17.7. The molecule has 0 spiro atoms. The SMILES string of the molecule is CCN(c1cc2oc(CN(C)C)nc2c(C(=O)NCc2c(OC)cc(C)[nH]c2=O)c1C)C1CCOCC1. The summed E-state index contributed by atoms with van der Waals surface area (Å²) in [4.78, 5) is 38.0. The smallest absolute Gasteiger partial charge is 0.256 e. The van der Waals surface area contributed by atoms with Crippen LogP contribution in [-0.2, 0) is 17.8 Å². The Hall–Kier alpha value is -3.37. The lowest BCUT2D eigenvalue weighted by Gasteiger charge is -2.36. The number of carbonyl (C=O) groups excluding carboxylic acids is 1. The molecule has 200 valence electrons. The normalized spacial score (nSPS) is 14.4. The van der Waals surface area contributed by atoms with Crippen LogP contribution in [0.25, 0.3) is 11.1 Å². The van der Waals surface area contributed by atoms with E-state index in [-0.39, 0.29) is 18.0 Å². The first-order valence-electron chi connectivity index (χ1n) is 12.7. The van der Waals surface area contributed by atoms with E-state index in [1.165, 1.54) is 7.11 Å². The number of aryl methyl sites for hydroxylation is 1. The van der Waals surface area contributed by atoms with Crippen LogP contribution in [0, 0.1) is 13.8 Å². The van der Waals surface area contributed by atoms with Gasteiger partial charge in [0.2, 0.25) is 5.89 Å². The van der Waals surface area contributed by atoms with Gasteiger partial charge in [-0.3, -0.25) is 9.59 Å². The molecule has 0 aliphatic carbocycles. The highest BCUT2D eigenvalue weighted by atomic mass is 16.5. The van der Waals surface area contributed by atoms with Gasteiger partial charge in [-0.1, -0.05) is 0 Å². The number of H-pyrrole nitrogens is 1. The van der Waals surface area contributed by atoms with Crippen LogP contribution < -0.4 is 20.5 Å². The summed E-state index contributed by atoms with van der Waals surface area (Å²) in [6, 6.07) is 4.05. The van der Waals surface area contributed by atoms with Crippen LogP contribution in [0.4, 0.5) is 5.69 Å². The third-order valence-electron chi connectivity index (χ3n) is 6.80. The van der Waals surface area contributed by atoms with Crippen molar-refractivity contribution in [2.75, 3.05) is 45.9 Å². The van der Waals surface area contributed by atoms with Crippen molar-refractivity contribution >= 4 is 22.7 Å². The lowest BCUT2D eigenvalue weighted by molar-refractivity contribution is 0.0846. The Labute approximate surface area is 216 Å². The van der Waals surface area contributed by atoms with Gasteiger partial charge in [-0.2, -0.15) is 0 Å². The summed E-state index contributed by atoms with van der Waals surface area (Å²) in [7, 11) is 5.39. The molecule has 0 bridgehead atoms. The maximum absolute atomic E-state index is 13.7. The molecule has 3 heterocycles. The number of nitrogens with zero attached hydrogens (tertiary/aromatic N) is 3. The lowest BCUT2D eigenvalue weighted by atomic mass is 9.99. The second-order valence-electron chi connectivity index (χ2n) is 9.73. The number of carbonyl (C=O) groups is 1. The molecule has 3 aromatic rings. The predicted octanol–water partition coefficient (Wildman–Crippen LogP) is 3.14. The van der Waals surface area contributed by atoms with Gasteiger partial charge >= 0.3 is 0 Å². The van der Waals surface area contributed by atoms with Gasteiger partial charge in [0.1, 0.15) is 11.3 Å². The topological polar surface area (TPSA) is 113 Å². The van der Waals surface area contributed by atoms with Crippen molar-refractivity contribution in [1.29, 1.82) is 0 Å². The number of rotatable bonds is 9. The highest BCUT2D eigenvalue weighted by Gasteiger charge is 2.27. The number of hydrogen-bond donors (Lipinski definition) is 2. The molecule has 1 aliphatic rings. The van der Waals surface area contributed by atoms with Crippen LogP contribution in [0.1, 0.15) is 52.8 Å². The van der Waals surface area contributed by atoms with Crippen molar-refractivity contribution < 1.29 is 18.7 Å². The highest BCUT2D eigenvalue weighted by molar-refractivity contribution is 6.07. The van der Waals surface area contributed by atoms with E-state index in [4.69, 9.17) is 18.9 Å². The number of amides is 1. The fraction of sp³-hybridized carbons (Fsp3) is 0.519. The zero-order valence-corrected chi connectivity index (χ0v) is 22.6. The van der Waals surface area contributed by atoms with Gasteiger partial charge in [0.05, 0.1) is 31.3 Å². The molecule has 0 atom stereocenters. The van der Waals surface area contributed by atoms with E-state index in [1.54, 1.807) is 13.0 Å². The number of ether oxygens (including phenoxy) is 2. The Bertz CT molecular complexity index is 1320. The second-order valence-corrected chi connectivity index (χ2v) is 9.73. The summed E-state index contributed by atoms with van der Waals surface area (Å²) < 4.78 is 17.1. The van der Waals surface area contributed by atoms with Gasteiger partial charge < -0.3 is 34.0 Å². The zero-order chi connectivity index (χ0) is 26.7. The first-order valence-corrected chi connectivity index (χ1v) is 12.7. The van der Waals surface area contributed by atoms with E-state index in [1.807, 2.05) is 32.0 Å². The number of methoxy groups -OCH3 is 1. The molecule has 10 heteroatoms. The molecule has 1 aliphatic heterocycles. The van der Waals surface area contributed by atoms with E-state index < -0.39 is 0 Å². The average molecular weight is 512 g/mol. The molecule has 37 heavy (non-hydrogen) atoms. The van der Waals surface area contributed by atoms with Crippen LogP contribution >= 0.6 is 0 Å². The minimum Gasteiger partial charge on any atom is -0.496 e. The molecule has 10 nitrogen and oxygen atoms in total. The molecule has 1 fully saturated rings. The summed E-state index contributed by atoms with van der Waals surface area (Å²) in [6.07, 6.45) is 1.84. The number of aromatic amines is 1. The molecule has 0 radical (unpaired) electrons. The number of fused-ring (bicyclic) bond motifs is 1. The molecule has 1 aromatic carbocycles. The first kappa shape index (κ1) is 26.7. The standard InChI is InChI=1S/C27H37N5O5/c1-7-32(18-8-10-36-11-9-18)20-13-22-25(30-23(37-22)15-31(4)5)24(17(20)3)27(34)28-14-19-21(35-6)12-16(2)29-26(19)33/h12-13,18H,7-11,14-15H2,1-6H3,(H,28,34)(H,29,33). The summed E-state index contributed by atoms with van der Waals surface area (Å²) in [5, 5.41) is 2.93. The monoisotopic (exact) mass is 511 g/mol. The third kappa shape index (κ3) is 5.65. The van der Waals surface area contributed by atoms with Crippen LogP contribution in [0.15, 0.2) is 21.3 Å². The molecular weight excluding hydrogens is 474 g/mol. The summed E-state index contributed by atoms with van der Waals surface area (Å²) in [5.74, 6) is 0.652. The molecule has 2 N–H and O–H groups in total. The van der Waals surface area contributed by atoms with Gasteiger partial charge in [0.15, 0.2) is 5.58 Å². The van der Waals surface area contributed by atoms with Crippen LogP contribution in [0.3, 0.4) is 0 Å². The van der Waals surface area contributed by atoms with Crippen LogP contribution in [0.5, 0.6) is 5.75 Å². The van der Waals surface area contributed by atoms with Gasteiger partial charge in [0.25, 0.3) is 11.5 Å². The number of pyridine rings is 1. The van der Waals surface area contributed by atoms with E-state index >= 15 is 0 Å². The number of aromatic nitrogens is 2. The number of benzene rings is 1. The molecule has 0 saturated carbocycles. The number of nitrogens with one attached hydrogen (secondary N) is 2. The predicted molar refractivity (Wildman–Crippen MR) is 143 cm³/mol. The van der Waals surface area contributed by atoms with Crippen LogP contribution in [-0.4, -0.2) is 67.8 Å². The number of hydrogen-bond acceptors (Lipinski definition) is 8. The average Bonchev–Trinajstić information content (AvgIpc) is 3.25. The van der Waals surface area contributed by atoms with Gasteiger partial charge in [-0.15, -0.1) is 0 Å². The molecule has 1 amide bonds.